The van der Waals surface area contributed by atoms with Crippen LogP contribution >= 0.6 is 11.9 Å². The van der Waals surface area contributed by atoms with E-state index in [9.17, 15) is 22.0 Å². The second-order valence-electron chi connectivity index (χ2n) is 7.71. The number of aryl methyl sites for hydroxylation is 1. The van der Waals surface area contributed by atoms with Crippen molar-refractivity contribution in [1.29, 1.82) is 0 Å². The van der Waals surface area contributed by atoms with Crippen LogP contribution in [-0.4, -0.2) is 38.4 Å². The van der Waals surface area contributed by atoms with E-state index in [-0.39, 0.29) is 17.2 Å². The second kappa shape index (κ2) is 8.05. The third-order valence-corrected chi connectivity index (χ3v) is 6.75. The number of fused-ring (bicyclic) bond motifs is 1. The normalized spacial score (nSPS) is 16.4. The Morgan fingerprint density at radius 3 is 2.39 bits per heavy atom. The minimum Gasteiger partial charge on any atom is -0.267 e. The molecule has 1 aliphatic heterocycles. The highest BCUT2D eigenvalue weighted by Gasteiger charge is 2.37. The van der Waals surface area contributed by atoms with Crippen molar-refractivity contribution in [1.82, 2.24) is 19.1 Å². The van der Waals surface area contributed by atoms with E-state index in [1.807, 2.05) is 12.3 Å². The minimum absolute atomic E-state index is 0.0138. The van der Waals surface area contributed by atoms with Gasteiger partial charge in [-0.2, -0.15) is 18.3 Å². The van der Waals surface area contributed by atoms with Gasteiger partial charge < -0.3 is 0 Å². The van der Waals surface area contributed by atoms with Gasteiger partial charge in [0, 0.05) is 54.5 Å². The van der Waals surface area contributed by atoms with Crippen LogP contribution in [0.15, 0.2) is 18.3 Å². The molecule has 4 rings (SSSR count). The number of pyridine rings is 1. The predicted molar refractivity (Wildman–Crippen MR) is 111 cm³/mol. The molecule has 0 aliphatic carbocycles. The molecule has 0 saturated carbocycles. The SMILES string of the molecule is CSN1CCC(c2cc3c(cn2)c(-c2cc(C(F)(F)F)c(F)c(C)c2F)nn3C)CC1. The van der Waals surface area contributed by atoms with Gasteiger partial charge in [-0.1, -0.05) is 11.9 Å². The smallest absolute Gasteiger partial charge is 0.267 e. The molecule has 0 bridgehead atoms. The fraction of sp³-hybridized carbons (Fsp3) is 0.429. The van der Waals surface area contributed by atoms with E-state index in [0.29, 0.717) is 17.0 Å². The van der Waals surface area contributed by atoms with Gasteiger partial charge in [-0.15, -0.1) is 0 Å². The maximum Gasteiger partial charge on any atom is 0.419 e. The summed E-state index contributed by atoms with van der Waals surface area (Å²) < 4.78 is 72.5. The number of aromatic nitrogens is 3. The molecule has 2 aromatic heterocycles. The summed E-state index contributed by atoms with van der Waals surface area (Å²) in [7, 11) is 1.64. The summed E-state index contributed by atoms with van der Waals surface area (Å²) in [5.41, 5.74) is -1.05. The molecule has 0 radical (unpaired) electrons. The Morgan fingerprint density at radius 2 is 1.77 bits per heavy atom. The van der Waals surface area contributed by atoms with Crippen LogP contribution in [0.2, 0.25) is 0 Å². The summed E-state index contributed by atoms with van der Waals surface area (Å²) in [6, 6.07) is 2.36. The lowest BCUT2D eigenvalue weighted by molar-refractivity contribution is -0.140. The fourth-order valence-corrected chi connectivity index (χ4v) is 4.65. The summed E-state index contributed by atoms with van der Waals surface area (Å²) in [4.78, 5) is 4.52. The second-order valence-corrected chi connectivity index (χ2v) is 8.59. The molecule has 0 spiro atoms. The van der Waals surface area contributed by atoms with Crippen LogP contribution in [0.1, 0.15) is 35.6 Å². The van der Waals surface area contributed by atoms with Gasteiger partial charge in [0.25, 0.3) is 0 Å². The molecule has 3 aromatic rings. The highest BCUT2D eigenvalue weighted by Crippen LogP contribution is 2.39. The van der Waals surface area contributed by atoms with Gasteiger partial charge in [0.05, 0.1) is 11.1 Å². The zero-order valence-corrected chi connectivity index (χ0v) is 18.0. The molecule has 31 heavy (non-hydrogen) atoms. The molecule has 0 atom stereocenters. The first-order chi connectivity index (χ1) is 14.6. The lowest BCUT2D eigenvalue weighted by atomic mass is 9.93. The van der Waals surface area contributed by atoms with Gasteiger partial charge in [0.1, 0.15) is 17.3 Å². The van der Waals surface area contributed by atoms with Crippen molar-refractivity contribution in [2.24, 2.45) is 7.05 Å². The van der Waals surface area contributed by atoms with Gasteiger partial charge >= 0.3 is 6.18 Å². The van der Waals surface area contributed by atoms with Crippen LogP contribution in [0.5, 0.6) is 0 Å². The highest BCUT2D eigenvalue weighted by molar-refractivity contribution is 7.96. The number of nitrogens with zero attached hydrogens (tertiary/aromatic N) is 4. The van der Waals surface area contributed by atoms with Crippen molar-refractivity contribution in [3.05, 3.63) is 46.8 Å². The molecular weight excluding hydrogens is 435 g/mol. The maximum absolute atomic E-state index is 14.8. The largest absolute Gasteiger partial charge is 0.419 e. The van der Waals surface area contributed by atoms with Crippen molar-refractivity contribution in [3.63, 3.8) is 0 Å². The van der Waals surface area contributed by atoms with E-state index in [0.717, 1.165) is 38.5 Å². The van der Waals surface area contributed by atoms with Crippen molar-refractivity contribution in [3.8, 4) is 11.3 Å². The third-order valence-electron chi connectivity index (χ3n) is 5.87. The van der Waals surface area contributed by atoms with E-state index in [1.165, 1.54) is 10.9 Å². The van der Waals surface area contributed by atoms with Gasteiger partial charge in [0.15, 0.2) is 0 Å². The summed E-state index contributed by atoms with van der Waals surface area (Å²) in [6.45, 7) is 2.89. The average molecular weight is 456 g/mol. The molecule has 0 amide bonds. The number of benzene rings is 1. The monoisotopic (exact) mass is 456 g/mol. The van der Waals surface area contributed by atoms with Crippen LogP contribution in [0.3, 0.4) is 0 Å². The van der Waals surface area contributed by atoms with Crippen molar-refractivity contribution >= 4 is 22.9 Å². The van der Waals surface area contributed by atoms with Crippen LogP contribution < -0.4 is 0 Å². The third kappa shape index (κ3) is 3.91. The molecule has 1 aliphatic rings. The summed E-state index contributed by atoms with van der Waals surface area (Å²) in [5, 5.41) is 4.68. The first-order valence-corrected chi connectivity index (χ1v) is 11.0. The molecular formula is C21H21F5N4S. The predicted octanol–water partition coefficient (Wildman–Crippen LogP) is 5.70. The summed E-state index contributed by atoms with van der Waals surface area (Å²) >= 11 is 1.71. The van der Waals surface area contributed by atoms with Crippen LogP contribution in [0, 0.1) is 18.6 Å². The number of halogens is 5. The lowest BCUT2D eigenvalue weighted by Crippen LogP contribution is -2.27. The van der Waals surface area contributed by atoms with E-state index >= 15 is 0 Å². The number of piperidine rings is 1. The standard InChI is InChI=1S/C21H21F5N4S/c1-11-18(22)13(8-15(19(11)23)21(24,25)26)20-14-10-27-16(9-17(14)29(2)28-20)12-4-6-30(31-3)7-5-12/h8-10,12H,4-7H2,1-3H3. The zero-order valence-electron chi connectivity index (χ0n) is 17.2. The zero-order chi connectivity index (χ0) is 22.5. The van der Waals surface area contributed by atoms with Crippen LogP contribution in [-0.2, 0) is 13.2 Å². The molecule has 10 heteroatoms. The molecule has 0 N–H and O–H groups in total. The van der Waals surface area contributed by atoms with Gasteiger partial charge in [-0.3, -0.25) is 14.0 Å². The van der Waals surface area contributed by atoms with E-state index < -0.39 is 28.9 Å². The Balaban J connectivity index is 1.79. The Morgan fingerprint density at radius 1 is 1.10 bits per heavy atom. The van der Waals surface area contributed by atoms with Crippen LogP contribution in [0.4, 0.5) is 22.0 Å². The summed E-state index contributed by atoms with van der Waals surface area (Å²) in [6.07, 6.45) is 0.524. The first kappa shape index (κ1) is 22.0. The van der Waals surface area contributed by atoms with Gasteiger partial charge in [-0.25, -0.2) is 8.78 Å². The topological polar surface area (TPSA) is 34.0 Å². The summed E-state index contributed by atoms with van der Waals surface area (Å²) in [5.74, 6) is -2.39. The molecule has 166 valence electrons. The number of hydrogen-bond acceptors (Lipinski definition) is 4. The number of hydrogen-bond donors (Lipinski definition) is 0. The van der Waals surface area contributed by atoms with E-state index in [2.05, 4.69) is 14.4 Å². The van der Waals surface area contributed by atoms with Crippen molar-refractivity contribution < 1.29 is 22.0 Å². The fourth-order valence-electron chi connectivity index (χ4n) is 4.07. The van der Waals surface area contributed by atoms with Gasteiger partial charge in [0.2, 0.25) is 0 Å². The van der Waals surface area contributed by atoms with Crippen molar-refractivity contribution in [2.45, 2.75) is 31.9 Å². The average Bonchev–Trinajstić information content (AvgIpc) is 3.07. The Kier molecular flexibility index (Phi) is 5.72. The van der Waals surface area contributed by atoms with Gasteiger partial charge in [-0.05, 0) is 38.2 Å². The molecule has 3 heterocycles. The Labute approximate surface area is 180 Å². The van der Waals surface area contributed by atoms with E-state index in [4.69, 9.17) is 0 Å². The molecule has 0 unspecified atom stereocenters. The quantitative estimate of drug-likeness (QED) is 0.374. The number of alkyl halides is 3. The highest BCUT2D eigenvalue weighted by atomic mass is 32.2. The first-order valence-electron chi connectivity index (χ1n) is 9.79. The Bertz CT molecular complexity index is 1130. The minimum atomic E-state index is -4.95. The molecule has 4 nitrogen and oxygen atoms in total. The number of rotatable bonds is 3. The van der Waals surface area contributed by atoms with Crippen LogP contribution in [0.25, 0.3) is 22.2 Å². The molecule has 1 saturated heterocycles. The molecule has 1 aromatic carbocycles. The van der Waals surface area contributed by atoms with Crippen molar-refractivity contribution in [2.75, 3.05) is 19.3 Å². The Hall–Kier alpha value is -2.20. The molecule has 1 fully saturated rings. The maximum atomic E-state index is 14.8. The van der Waals surface area contributed by atoms with E-state index in [1.54, 1.807) is 19.0 Å². The lowest BCUT2D eigenvalue weighted by Gasteiger charge is -2.29.